The molecule has 2 rings (SSSR count). The zero-order valence-electron chi connectivity index (χ0n) is 9.85. The number of nitrogens with one attached hydrogen (secondary N) is 1. The number of carbonyl (C=O) groups excluding carboxylic acids is 1. The molecule has 0 radical (unpaired) electrons. The number of amides is 1. The highest BCUT2D eigenvalue weighted by atomic mass is 16.3. The third kappa shape index (κ3) is 3.53. The van der Waals surface area contributed by atoms with Gasteiger partial charge in [-0.1, -0.05) is 6.07 Å². The first-order valence-electron chi connectivity index (χ1n) is 6.01. The van der Waals surface area contributed by atoms with Gasteiger partial charge in [0, 0.05) is 30.8 Å². The molecular formula is C13H18N2O2. The molecule has 1 aliphatic rings. The molecule has 0 saturated heterocycles. The fraction of sp³-hybridized carbons (Fsp3) is 0.538. The second-order valence-electron chi connectivity index (χ2n) is 4.80. The third-order valence-electron chi connectivity index (χ3n) is 3.32. The van der Waals surface area contributed by atoms with Gasteiger partial charge in [-0.2, -0.15) is 0 Å². The number of nitrogens with zero attached hydrogens (tertiary/aromatic N) is 1. The Morgan fingerprint density at radius 3 is 2.94 bits per heavy atom. The molecule has 1 amide bonds. The summed E-state index contributed by atoms with van der Waals surface area (Å²) in [6, 6.07) is 3.84. The number of aromatic nitrogens is 1. The number of aliphatic hydroxyl groups excluding tert-OH is 1. The molecule has 0 aromatic carbocycles. The predicted molar refractivity (Wildman–Crippen MR) is 64.3 cm³/mol. The molecule has 2 N–H and O–H groups in total. The number of pyridine rings is 1. The van der Waals surface area contributed by atoms with Crippen LogP contribution >= 0.6 is 0 Å². The molecule has 1 aliphatic carbocycles. The number of hydrogen-bond acceptors (Lipinski definition) is 3. The van der Waals surface area contributed by atoms with Gasteiger partial charge in [-0.25, -0.2) is 0 Å². The van der Waals surface area contributed by atoms with Gasteiger partial charge in [0.25, 0.3) is 0 Å². The van der Waals surface area contributed by atoms with Gasteiger partial charge in [0.05, 0.1) is 6.61 Å². The van der Waals surface area contributed by atoms with Crippen molar-refractivity contribution in [3.63, 3.8) is 0 Å². The molecule has 0 aliphatic heterocycles. The van der Waals surface area contributed by atoms with Gasteiger partial charge < -0.3 is 10.4 Å². The molecule has 1 saturated carbocycles. The number of carbonyl (C=O) groups is 1. The molecule has 0 spiro atoms. The third-order valence-corrected chi connectivity index (χ3v) is 3.32. The lowest BCUT2D eigenvalue weighted by Gasteiger charge is -2.12. The first-order valence-corrected chi connectivity index (χ1v) is 6.01. The molecule has 0 unspecified atom stereocenters. The minimum absolute atomic E-state index is 0.00996. The highest BCUT2D eigenvalue weighted by Crippen LogP contribution is 2.44. The van der Waals surface area contributed by atoms with E-state index in [1.807, 2.05) is 12.1 Å². The normalized spacial score (nSPS) is 16.5. The monoisotopic (exact) mass is 234 g/mol. The summed E-state index contributed by atoms with van der Waals surface area (Å²) in [4.78, 5) is 15.6. The van der Waals surface area contributed by atoms with Crippen molar-refractivity contribution in [2.24, 2.45) is 5.41 Å². The molecule has 92 valence electrons. The lowest BCUT2D eigenvalue weighted by molar-refractivity contribution is -0.121. The van der Waals surface area contributed by atoms with Crippen LogP contribution in [0.3, 0.4) is 0 Å². The lowest BCUT2D eigenvalue weighted by atomic mass is 10.1. The van der Waals surface area contributed by atoms with E-state index in [4.69, 9.17) is 5.11 Å². The lowest BCUT2D eigenvalue weighted by Crippen LogP contribution is -2.31. The SMILES string of the molecule is O=C(CCc1cccnc1)NCC1(CO)CC1. The summed E-state index contributed by atoms with van der Waals surface area (Å²) < 4.78 is 0. The smallest absolute Gasteiger partial charge is 0.220 e. The maximum Gasteiger partial charge on any atom is 0.220 e. The Kier molecular flexibility index (Phi) is 3.74. The Labute approximate surface area is 101 Å². The molecule has 1 aromatic rings. The fourth-order valence-corrected chi connectivity index (χ4v) is 1.75. The van der Waals surface area contributed by atoms with Gasteiger partial charge in [-0.05, 0) is 30.9 Å². The second-order valence-corrected chi connectivity index (χ2v) is 4.80. The summed E-state index contributed by atoms with van der Waals surface area (Å²) in [5.41, 5.74) is 1.06. The van der Waals surface area contributed by atoms with Crippen molar-refractivity contribution in [3.8, 4) is 0 Å². The minimum atomic E-state index is -0.00996. The Morgan fingerprint density at radius 1 is 1.53 bits per heavy atom. The number of hydrogen-bond donors (Lipinski definition) is 2. The van der Waals surface area contributed by atoms with Gasteiger partial charge in [0.2, 0.25) is 5.91 Å². The van der Waals surface area contributed by atoms with Crippen molar-refractivity contribution in [2.75, 3.05) is 13.2 Å². The molecule has 0 bridgehead atoms. The molecule has 1 aromatic heterocycles. The fourth-order valence-electron chi connectivity index (χ4n) is 1.75. The van der Waals surface area contributed by atoms with E-state index in [0.29, 0.717) is 19.4 Å². The Bertz CT molecular complexity index is 374. The average Bonchev–Trinajstić information content (AvgIpc) is 3.16. The number of rotatable bonds is 6. The number of aryl methyl sites for hydroxylation is 1. The summed E-state index contributed by atoms with van der Waals surface area (Å²) in [6.45, 7) is 0.783. The van der Waals surface area contributed by atoms with Crippen molar-refractivity contribution in [1.82, 2.24) is 10.3 Å². The first-order chi connectivity index (χ1) is 8.24. The summed E-state index contributed by atoms with van der Waals surface area (Å²) in [7, 11) is 0. The highest BCUT2D eigenvalue weighted by molar-refractivity contribution is 5.76. The quantitative estimate of drug-likeness (QED) is 0.769. The van der Waals surface area contributed by atoms with Gasteiger partial charge in [-0.15, -0.1) is 0 Å². The van der Waals surface area contributed by atoms with Crippen LogP contribution in [0, 0.1) is 5.41 Å². The van der Waals surface area contributed by atoms with E-state index in [9.17, 15) is 4.79 Å². The van der Waals surface area contributed by atoms with E-state index < -0.39 is 0 Å². The van der Waals surface area contributed by atoms with Crippen molar-refractivity contribution >= 4 is 5.91 Å². The Hall–Kier alpha value is -1.42. The van der Waals surface area contributed by atoms with Crippen LogP contribution in [0.5, 0.6) is 0 Å². The van der Waals surface area contributed by atoms with Crippen LogP contribution in [0.1, 0.15) is 24.8 Å². The largest absolute Gasteiger partial charge is 0.396 e. The van der Waals surface area contributed by atoms with E-state index in [1.165, 1.54) is 0 Å². The van der Waals surface area contributed by atoms with E-state index in [1.54, 1.807) is 12.4 Å². The maximum absolute atomic E-state index is 11.6. The van der Waals surface area contributed by atoms with Crippen molar-refractivity contribution in [1.29, 1.82) is 0 Å². The van der Waals surface area contributed by atoms with Crippen LogP contribution in [-0.2, 0) is 11.2 Å². The average molecular weight is 234 g/mol. The zero-order valence-corrected chi connectivity index (χ0v) is 9.85. The molecule has 4 heteroatoms. The molecule has 4 nitrogen and oxygen atoms in total. The van der Waals surface area contributed by atoms with Gasteiger partial charge in [0.1, 0.15) is 0 Å². The van der Waals surface area contributed by atoms with Crippen LogP contribution in [-0.4, -0.2) is 29.1 Å². The second kappa shape index (κ2) is 5.27. The predicted octanol–water partition coefficient (Wildman–Crippen LogP) is 0.903. The molecule has 0 atom stereocenters. The molecule has 1 fully saturated rings. The van der Waals surface area contributed by atoms with Crippen molar-refractivity contribution in [3.05, 3.63) is 30.1 Å². The molecular weight excluding hydrogens is 216 g/mol. The Morgan fingerprint density at radius 2 is 2.35 bits per heavy atom. The van der Waals surface area contributed by atoms with E-state index in [-0.39, 0.29) is 17.9 Å². The molecule has 1 heterocycles. The molecule has 17 heavy (non-hydrogen) atoms. The summed E-state index contributed by atoms with van der Waals surface area (Å²) >= 11 is 0. The van der Waals surface area contributed by atoms with Crippen LogP contribution in [0.25, 0.3) is 0 Å². The summed E-state index contributed by atoms with van der Waals surface area (Å²) in [5.74, 6) is 0.0496. The first kappa shape index (κ1) is 12.0. The Balaban J connectivity index is 1.68. The zero-order chi connectivity index (χ0) is 12.1. The van der Waals surface area contributed by atoms with Gasteiger partial charge in [0.15, 0.2) is 0 Å². The van der Waals surface area contributed by atoms with E-state index in [2.05, 4.69) is 10.3 Å². The van der Waals surface area contributed by atoms with Crippen LogP contribution in [0.2, 0.25) is 0 Å². The standard InChI is InChI=1S/C13H18N2O2/c16-10-13(5-6-13)9-15-12(17)4-3-11-2-1-7-14-8-11/h1-2,7-8,16H,3-6,9-10H2,(H,15,17). The minimum Gasteiger partial charge on any atom is -0.396 e. The van der Waals surface area contributed by atoms with E-state index in [0.717, 1.165) is 18.4 Å². The van der Waals surface area contributed by atoms with Gasteiger partial charge >= 0.3 is 0 Å². The van der Waals surface area contributed by atoms with Crippen LogP contribution in [0.15, 0.2) is 24.5 Å². The van der Waals surface area contributed by atoms with Gasteiger partial charge in [-0.3, -0.25) is 9.78 Å². The van der Waals surface area contributed by atoms with Crippen LogP contribution < -0.4 is 5.32 Å². The van der Waals surface area contributed by atoms with Crippen LogP contribution in [0.4, 0.5) is 0 Å². The highest BCUT2D eigenvalue weighted by Gasteiger charge is 2.41. The van der Waals surface area contributed by atoms with E-state index >= 15 is 0 Å². The topological polar surface area (TPSA) is 62.2 Å². The maximum atomic E-state index is 11.6. The van der Waals surface area contributed by atoms with Crippen molar-refractivity contribution < 1.29 is 9.90 Å². The summed E-state index contributed by atoms with van der Waals surface area (Å²) in [6.07, 6.45) is 6.74. The summed E-state index contributed by atoms with van der Waals surface area (Å²) in [5, 5.41) is 12.0. The number of aliphatic hydroxyl groups is 1. The van der Waals surface area contributed by atoms with Crippen molar-refractivity contribution in [2.45, 2.75) is 25.7 Å².